The van der Waals surface area contributed by atoms with Gasteiger partial charge in [0.1, 0.15) is 0 Å². The Morgan fingerprint density at radius 3 is 2.46 bits per heavy atom. The predicted molar refractivity (Wildman–Crippen MR) is 139 cm³/mol. The van der Waals surface area contributed by atoms with Crippen LogP contribution >= 0.6 is 23.2 Å². The van der Waals surface area contributed by atoms with E-state index in [0.717, 1.165) is 29.7 Å². The lowest BCUT2D eigenvalue weighted by molar-refractivity contribution is -0.135. The summed E-state index contributed by atoms with van der Waals surface area (Å²) in [5, 5.41) is 7.95. The van der Waals surface area contributed by atoms with Crippen molar-refractivity contribution in [3.8, 4) is 0 Å². The molecule has 2 amide bonds. The Bertz CT molecular complexity index is 1120. The number of piperazine rings is 1. The largest absolute Gasteiger partial charge is 0.334 e. The van der Waals surface area contributed by atoms with Crippen LogP contribution in [0.2, 0.25) is 10.0 Å². The minimum atomic E-state index is -0.288. The molecule has 3 fully saturated rings. The maximum Gasteiger partial charge on any atom is 0.254 e. The van der Waals surface area contributed by atoms with E-state index in [9.17, 15) is 9.59 Å². The standard InChI is InChI=1S/C27H32Cl2N4O2/c1-16-7-17(2)9-19(8-16)27(35)32-5-6-33(25(15-32)18-3-4-22(28)23(29)11-18)26(34)14-31-24-12-21-10-20(24)13-30-21/h3-4,7-9,11,20-21,24-25,30-31H,5-6,10,12-15H2,1-2H3/t20?,21?,24-,25-/m0/s1. The van der Waals surface area contributed by atoms with Crippen molar-refractivity contribution in [3.63, 3.8) is 0 Å². The molecule has 2 aliphatic heterocycles. The molecular weight excluding hydrogens is 483 g/mol. The third kappa shape index (κ3) is 5.21. The van der Waals surface area contributed by atoms with Crippen LogP contribution in [-0.4, -0.2) is 66.4 Å². The van der Waals surface area contributed by atoms with Gasteiger partial charge in [0.2, 0.25) is 5.91 Å². The van der Waals surface area contributed by atoms with E-state index in [4.69, 9.17) is 23.2 Å². The molecule has 0 spiro atoms. The predicted octanol–water partition coefficient (Wildman–Crippen LogP) is 3.98. The molecule has 2 saturated heterocycles. The Hall–Kier alpha value is -2.12. The van der Waals surface area contributed by atoms with Crippen molar-refractivity contribution in [2.24, 2.45) is 5.92 Å². The Kier molecular flexibility index (Phi) is 7.09. The van der Waals surface area contributed by atoms with Crippen LogP contribution in [0.4, 0.5) is 0 Å². The molecule has 5 rings (SSSR count). The number of aryl methyl sites for hydroxylation is 2. The first-order valence-corrected chi connectivity index (χ1v) is 13.1. The summed E-state index contributed by atoms with van der Waals surface area (Å²) in [6.45, 7) is 6.70. The topological polar surface area (TPSA) is 64.7 Å². The summed E-state index contributed by atoms with van der Waals surface area (Å²) in [5.74, 6) is 0.641. The summed E-state index contributed by atoms with van der Waals surface area (Å²) in [6, 6.07) is 12.1. The lowest BCUT2D eigenvalue weighted by Crippen LogP contribution is -2.55. The SMILES string of the molecule is Cc1cc(C)cc(C(=O)N2CCN(C(=O)CN[C@H]3CC4CC3CN4)[C@H](c3ccc(Cl)c(Cl)c3)C2)c1. The maximum absolute atomic E-state index is 13.4. The lowest BCUT2D eigenvalue weighted by Gasteiger charge is -2.42. The highest BCUT2D eigenvalue weighted by Crippen LogP contribution is 2.33. The molecule has 4 atom stereocenters. The first-order chi connectivity index (χ1) is 16.8. The van der Waals surface area contributed by atoms with E-state index >= 15 is 0 Å². The number of rotatable bonds is 5. The smallest absolute Gasteiger partial charge is 0.254 e. The van der Waals surface area contributed by atoms with Crippen LogP contribution in [0.3, 0.4) is 0 Å². The number of hydrogen-bond donors (Lipinski definition) is 2. The second kappa shape index (κ2) is 10.1. The quantitative estimate of drug-likeness (QED) is 0.633. The third-order valence-electron chi connectivity index (χ3n) is 7.66. The van der Waals surface area contributed by atoms with Crippen molar-refractivity contribution in [2.75, 3.05) is 32.7 Å². The second-order valence-electron chi connectivity index (χ2n) is 10.2. The molecule has 3 aliphatic rings. The highest BCUT2D eigenvalue weighted by molar-refractivity contribution is 6.42. The van der Waals surface area contributed by atoms with Crippen LogP contribution in [0.25, 0.3) is 0 Å². The molecule has 2 heterocycles. The molecular formula is C27H32Cl2N4O2. The number of nitrogens with zero attached hydrogens (tertiary/aromatic N) is 2. The summed E-state index contributed by atoms with van der Waals surface area (Å²) in [5.41, 5.74) is 3.69. The van der Waals surface area contributed by atoms with Gasteiger partial charge in [-0.05, 0) is 69.0 Å². The molecule has 35 heavy (non-hydrogen) atoms. The first-order valence-electron chi connectivity index (χ1n) is 12.4. The van der Waals surface area contributed by atoms with E-state index in [1.807, 2.05) is 47.9 Å². The van der Waals surface area contributed by atoms with Crippen LogP contribution in [0.1, 0.15) is 45.9 Å². The van der Waals surface area contributed by atoms with Crippen LogP contribution < -0.4 is 10.6 Å². The van der Waals surface area contributed by atoms with Crippen molar-refractivity contribution in [1.82, 2.24) is 20.4 Å². The Morgan fingerprint density at radius 2 is 1.80 bits per heavy atom. The highest BCUT2D eigenvalue weighted by Gasteiger charge is 2.40. The van der Waals surface area contributed by atoms with Crippen molar-refractivity contribution < 1.29 is 9.59 Å². The molecule has 2 N–H and O–H groups in total. The number of hydrogen-bond acceptors (Lipinski definition) is 4. The summed E-state index contributed by atoms with van der Waals surface area (Å²) >= 11 is 12.5. The fourth-order valence-corrected chi connectivity index (χ4v) is 6.26. The number of carbonyl (C=O) groups excluding carboxylic acids is 2. The van der Waals surface area contributed by atoms with Gasteiger partial charge in [-0.3, -0.25) is 9.59 Å². The fraction of sp³-hybridized carbons (Fsp3) is 0.481. The number of benzene rings is 2. The van der Waals surface area contributed by atoms with Gasteiger partial charge in [-0.25, -0.2) is 0 Å². The molecule has 1 saturated carbocycles. The van der Waals surface area contributed by atoms with Gasteiger partial charge in [0.05, 0.1) is 22.6 Å². The van der Waals surface area contributed by atoms with Gasteiger partial charge >= 0.3 is 0 Å². The Morgan fingerprint density at radius 1 is 1.03 bits per heavy atom. The van der Waals surface area contributed by atoms with Crippen LogP contribution in [0.5, 0.6) is 0 Å². The highest BCUT2D eigenvalue weighted by atomic mass is 35.5. The zero-order valence-electron chi connectivity index (χ0n) is 20.2. The molecule has 2 aromatic rings. The van der Waals surface area contributed by atoms with Crippen molar-refractivity contribution in [3.05, 3.63) is 68.7 Å². The van der Waals surface area contributed by atoms with Gasteiger partial charge in [-0.2, -0.15) is 0 Å². The number of nitrogens with one attached hydrogen (secondary N) is 2. The van der Waals surface area contributed by atoms with E-state index in [0.29, 0.717) is 59.8 Å². The number of halogens is 2. The van der Waals surface area contributed by atoms with Gasteiger partial charge in [-0.15, -0.1) is 0 Å². The number of fused-ring (bicyclic) bond motifs is 2. The van der Waals surface area contributed by atoms with E-state index in [1.165, 1.54) is 6.42 Å². The molecule has 2 aromatic carbocycles. The monoisotopic (exact) mass is 514 g/mol. The average Bonchev–Trinajstić information content (AvgIpc) is 3.46. The zero-order valence-corrected chi connectivity index (χ0v) is 21.7. The molecule has 6 nitrogen and oxygen atoms in total. The van der Waals surface area contributed by atoms with Gasteiger partial charge in [0, 0.05) is 37.3 Å². The number of amides is 2. The normalized spacial score (nSPS) is 25.8. The second-order valence-corrected chi connectivity index (χ2v) is 11.0. The first kappa shape index (κ1) is 24.6. The Labute approximate surface area is 216 Å². The minimum absolute atomic E-state index is 0.0124. The van der Waals surface area contributed by atoms with Crippen LogP contribution in [-0.2, 0) is 4.79 Å². The molecule has 0 aromatic heterocycles. The zero-order chi connectivity index (χ0) is 24.7. The fourth-order valence-electron chi connectivity index (χ4n) is 5.96. The van der Waals surface area contributed by atoms with Crippen molar-refractivity contribution in [1.29, 1.82) is 0 Å². The van der Waals surface area contributed by atoms with E-state index in [2.05, 4.69) is 16.7 Å². The lowest BCUT2D eigenvalue weighted by atomic mass is 10.00. The van der Waals surface area contributed by atoms with Gasteiger partial charge in [-0.1, -0.05) is 46.5 Å². The maximum atomic E-state index is 13.4. The van der Waals surface area contributed by atoms with Crippen molar-refractivity contribution >= 4 is 35.0 Å². The molecule has 8 heteroatoms. The summed E-state index contributed by atoms with van der Waals surface area (Å²) in [4.78, 5) is 30.6. The molecule has 0 radical (unpaired) electrons. The summed E-state index contributed by atoms with van der Waals surface area (Å²) in [7, 11) is 0. The molecule has 186 valence electrons. The molecule has 1 aliphatic carbocycles. The van der Waals surface area contributed by atoms with Gasteiger partial charge in [0.15, 0.2) is 0 Å². The van der Waals surface area contributed by atoms with Crippen LogP contribution in [0.15, 0.2) is 36.4 Å². The van der Waals surface area contributed by atoms with E-state index in [-0.39, 0.29) is 17.9 Å². The Balaban J connectivity index is 1.34. The van der Waals surface area contributed by atoms with E-state index in [1.54, 1.807) is 6.07 Å². The average molecular weight is 515 g/mol. The van der Waals surface area contributed by atoms with Crippen LogP contribution in [0, 0.1) is 19.8 Å². The minimum Gasteiger partial charge on any atom is -0.334 e. The molecule has 2 unspecified atom stereocenters. The number of piperidine rings is 1. The molecule has 2 bridgehead atoms. The summed E-state index contributed by atoms with van der Waals surface area (Å²) in [6.07, 6.45) is 2.27. The van der Waals surface area contributed by atoms with Crippen molar-refractivity contribution in [2.45, 2.75) is 44.8 Å². The summed E-state index contributed by atoms with van der Waals surface area (Å²) < 4.78 is 0. The van der Waals surface area contributed by atoms with Gasteiger partial charge in [0.25, 0.3) is 5.91 Å². The number of carbonyl (C=O) groups is 2. The third-order valence-corrected chi connectivity index (χ3v) is 8.40. The van der Waals surface area contributed by atoms with Gasteiger partial charge < -0.3 is 20.4 Å². The van der Waals surface area contributed by atoms with E-state index < -0.39 is 0 Å².